The van der Waals surface area contributed by atoms with E-state index in [1.54, 1.807) is 0 Å². The molecule has 2 fully saturated rings. The van der Waals surface area contributed by atoms with E-state index in [1.807, 2.05) is 0 Å². The van der Waals surface area contributed by atoms with Crippen molar-refractivity contribution in [1.82, 2.24) is 0 Å². The molecule has 0 aromatic rings. The molecule has 8 nitrogen and oxygen atoms in total. The van der Waals surface area contributed by atoms with Crippen LogP contribution < -0.4 is 22.9 Å². The minimum Gasteiger partial charge on any atom is -0.389 e. The molecule has 2 rings (SSSR count). The number of hydrogen-bond donors (Lipinski definition) is 6. The monoisotopic (exact) mass is 290 g/mol. The van der Waals surface area contributed by atoms with E-state index >= 15 is 0 Å². The Morgan fingerprint density at radius 3 is 2.35 bits per heavy atom. The molecule has 118 valence electrons. The molecule has 1 saturated heterocycles. The third-order valence-electron chi connectivity index (χ3n) is 4.14. The molecule has 8 heteroatoms. The second-order valence-corrected chi connectivity index (χ2v) is 5.75. The van der Waals surface area contributed by atoms with Crippen LogP contribution in [0, 0.1) is 0 Å². The average Bonchev–Trinajstić information content (AvgIpc) is 2.43. The van der Waals surface area contributed by atoms with Gasteiger partial charge >= 0.3 is 0 Å². The van der Waals surface area contributed by atoms with Crippen LogP contribution in [0.3, 0.4) is 0 Å². The zero-order chi connectivity index (χ0) is 14.9. The van der Waals surface area contributed by atoms with Gasteiger partial charge in [-0.2, -0.15) is 0 Å². The molecule has 1 aliphatic heterocycles. The predicted molar refractivity (Wildman–Crippen MR) is 72.4 cm³/mol. The topological polar surface area (TPSA) is 163 Å². The number of aliphatic hydroxyl groups is 2. The van der Waals surface area contributed by atoms with Crippen molar-refractivity contribution in [3.05, 3.63) is 0 Å². The quantitative estimate of drug-likeness (QED) is 0.319. The van der Waals surface area contributed by atoms with Crippen molar-refractivity contribution in [3.8, 4) is 0 Å². The lowest BCUT2D eigenvalue weighted by atomic mass is 9.84. The van der Waals surface area contributed by atoms with Crippen molar-refractivity contribution in [3.63, 3.8) is 0 Å². The number of hydrogen-bond acceptors (Lipinski definition) is 8. The van der Waals surface area contributed by atoms with Gasteiger partial charge in [-0.15, -0.1) is 0 Å². The van der Waals surface area contributed by atoms with E-state index in [0.29, 0.717) is 13.0 Å². The second kappa shape index (κ2) is 6.63. The van der Waals surface area contributed by atoms with E-state index in [2.05, 4.69) is 0 Å². The highest BCUT2D eigenvalue weighted by atomic mass is 16.7. The fraction of sp³-hybridized carbons (Fsp3) is 1.00. The van der Waals surface area contributed by atoms with Crippen LogP contribution in [0.15, 0.2) is 0 Å². The first kappa shape index (κ1) is 16.1. The van der Waals surface area contributed by atoms with Crippen molar-refractivity contribution in [2.45, 2.75) is 68.1 Å². The fourth-order valence-corrected chi connectivity index (χ4v) is 2.80. The predicted octanol–water partition coefficient (Wildman–Crippen LogP) is -3.06. The Morgan fingerprint density at radius 1 is 1.00 bits per heavy atom. The van der Waals surface area contributed by atoms with Gasteiger partial charge in [-0.3, -0.25) is 0 Å². The lowest BCUT2D eigenvalue weighted by Gasteiger charge is -2.43. The molecule has 1 aliphatic carbocycles. The molecule has 0 aromatic carbocycles. The van der Waals surface area contributed by atoms with Crippen LogP contribution >= 0.6 is 0 Å². The number of nitrogens with two attached hydrogens (primary N) is 4. The summed E-state index contributed by atoms with van der Waals surface area (Å²) in [5.41, 5.74) is 23.2. The molecular weight excluding hydrogens is 264 g/mol. The number of rotatable bonds is 3. The highest BCUT2D eigenvalue weighted by Crippen LogP contribution is 2.26. The van der Waals surface area contributed by atoms with Gasteiger partial charge in [-0.1, -0.05) is 0 Å². The summed E-state index contributed by atoms with van der Waals surface area (Å²) in [6.07, 6.45) is -1.87. The molecular formula is C12H26N4O4. The van der Waals surface area contributed by atoms with Crippen LogP contribution in [0.5, 0.6) is 0 Å². The Hall–Kier alpha value is -0.320. The third kappa shape index (κ3) is 3.29. The second-order valence-electron chi connectivity index (χ2n) is 5.75. The minimum absolute atomic E-state index is 0.107. The van der Waals surface area contributed by atoms with Gasteiger partial charge in [-0.05, 0) is 19.3 Å². The fourth-order valence-electron chi connectivity index (χ4n) is 2.80. The smallest absolute Gasteiger partial charge is 0.173 e. The Balaban J connectivity index is 2.00. The van der Waals surface area contributed by atoms with E-state index in [1.165, 1.54) is 0 Å². The SMILES string of the molecule is NC[C@@H]1CC[C@@H](N)[C@@H](O[C@H]2[C@@H](O)[C@@H](O)[C@H](N)C[C@@H]2N)O1. The van der Waals surface area contributed by atoms with Gasteiger partial charge in [0.2, 0.25) is 0 Å². The van der Waals surface area contributed by atoms with E-state index in [9.17, 15) is 10.2 Å². The molecule has 0 bridgehead atoms. The first-order valence-corrected chi connectivity index (χ1v) is 7.08. The molecule has 0 radical (unpaired) electrons. The summed E-state index contributed by atoms with van der Waals surface area (Å²) in [5.74, 6) is 0. The van der Waals surface area contributed by atoms with Crippen molar-refractivity contribution in [2.24, 2.45) is 22.9 Å². The summed E-state index contributed by atoms with van der Waals surface area (Å²) in [7, 11) is 0. The maximum atomic E-state index is 10.1. The lowest BCUT2D eigenvalue weighted by Crippen LogP contribution is -2.64. The maximum absolute atomic E-state index is 10.1. The molecule has 0 amide bonds. The van der Waals surface area contributed by atoms with Gasteiger partial charge in [0, 0.05) is 18.6 Å². The standard InChI is InChI=1S/C12H26N4O4/c13-4-5-1-2-6(14)12(19-5)20-11-8(16)3-7(15)9(17)10(11)18/h5-12,17-18H,1-4,13-16H2/t5-,6+,7+,8-,9-,10-,11+,12+/m0/s1. The van der Waals surface area contributed by atoms with Gasteiger partial charge in [0.15, 0.2) is 6.29 Å². The van der Waals surface area contributed by atoms with Gasteiger partial charge < -0.3 is 42.6 Å². The zero-order valence-electron chi connectivity index (χ0n) is 11.5. The maximum Gasteiger partial charge on any atom is 0.173 e. The molecule has 1 saturated carbocycles. The molecule has 8 atom stereocenters. The number of ether oxygens (including phenoxy) is 2. The van der Waals surface area contributed by atoms with Gasteiger partial charge in [0.05, 0.1) is 18.2 Å². The van der Waals surface area contributed by atoms with E-state index in [4.69, 9.17) is 32.4 Å². The Kier molecular flexibility index (Phi) is 5.32. The van der Waals surface area contributed by atoms with Crippen LogP contribution in [0.25, 0.3) is 0 Å². The molecule has 0 spiro atoms. The highest BCUT2D eigenvalue weighted by Gasteiger charge is 2.44. The van der Waals surface area contributed by atoms with Crippen LogP contribution in [-0.4, -0.2) is 65.6 Å². The first-order chi connectivity index (χ1) is 9.43. The number of aliphatic hydroxyl groups excluding tert-OH is 2. The van der Waals surface area contributed by atoms with Crippen LogP contribution in [-0.2, 0) is 9.47 Å². The van der Waals surface area contributed by atoms with Gasteiger partial charge in [0.1, 0.15) is 12.2 Å². The zero-order valence-corrected chi connectivity index (χ0v) is 11.5. The summed E-state index contributed by atoms with van der Waals surface area (Å²) in [6.45, 7) is 0.388. The summed E-state index contributed by atoms with van der Waals surface area (Å²) in [4.78, 5) is 0. The third-order valence-corrected chi connectivity index (χ3v) is 4.14. The highest BCUT2D eigenvalue weighted by molar-refractivity contribution is 4.98. The van der Waals surface area contributed by atoms with Gasteiger partial charge in [0.25, 0.3) is 0 Å². The minimum atomic E-state index is -1.15. The van der Waals surface area contributed by atoms with Crippen LogP contribution in [0.2, 0.25) is 0 Å². The average molecular weight is 290 g/mol. The largest absolute Gasteiger partial charge is 0.389 e. The molecule has 20 heavy (non-hydrogen) atoms. The van der Waals surface area contributed by atoms with Crippen LogP contribution in [0.1, 0.15) is 19.3 Å². The van der Waals surface area contributed by atoms with Crippen molar-refractivity contribution in [1.29, 1.82) is 0 Å². The van der Waals surface area contributed by atoms with Crippen molar-refractivity contribution in [2.75, 3.05) is 6.54 Å². The molecule has 0 unspecified atom stereocenters. The Labute approximate surface area is 118 Å². The summed E-state index contributed by atoms with van der Waals surface area (Å²) in [5, 5.41) is 19.9. The first-order valence-electron chi connectivity index (χ1n) is 7.08. The van der Waals surface area contributed by atoms with E-state index < -0.39 is 36.7 Å². The molecule has 10 N–H and O–H groups in total. The molecule has 1 heterocycles. The van der Waals surface area contributed by atoms with Crippen molar-refractivity contribution < 1.29 is 19.7 Å². The van der Waals surface area contributed by atoms with Crippen molar-refractivity contribution >= 4 is 0 Å². The molecule has 0 aromatic heterocycles. The summed E-state index contributed by atoms with van der Waals surface area (Å²) in [6, 6.07) is -1.33. The Bertz CT molecular complexity index is 322. The summed E-state index contributed by atoms with van der Waals surface area (Å²) < 4.78 is 11.4. The Morgan fingerprint density at radius 2 is 1.70 bits per heavy atom. The lowest BCUT2D eigenvalue weighted by molar-refractivity contribution is -0.251. The molecule has 2 aliphatic rings. The van der Waals surface area contributed by atoms with E-state index in [-0.39, 0.29) is 12.1 Å². The normalized spacial score (nSPS) is 50.1. The van der Waals surface area contributed by atoms with Gasteiger partial charge in [-0.25, -0.2) is 0 Å². The summed E-state index contributed by atoms with van der Waals surface area (Å²) >= 11 is 0. The van der Waals surface area contributed by atoms with E-state index in [0.717, 1.165) is 12.8 Å². The van der Waals surface area contributed by atoms with Crippen LogP contribution in [0.4, 0.5) is 0 Å².